The Balaban J connectivity index is 1.98. The van der Waals surface area contributed by atoms with Crippen LogP contribution in [-0.4, -0.2) is 16.6 Å². The molecule has 20 heavy (non-hydrogen) atoms. The molecule has 1 aromatic carbocycles. The molecule has 3 N–H and O–H groups in total. The van der Waals surface area contributed by atoms with E-state index in [1.54, 1.807) is 12.1 Å². The monoisotopic (exact) mass is 265 g/mol. The number of Topliss-reactive ketones (excluding diaryl/α,β-unsaturated/α-hetero) is 1. The fraction of sp³-hybridized carbons (Fsp3) is 0. The molecule has 0 aliphatic heterocycles. The summed E-state index contributed by atoms with van der Waals surface area (Å²) in [5.74, 6) is -0.224. The zero-order valence-corrected chi connectivity index (χ0v) is 10.5. The van der Waals surface area contributed by atoms with Crippen LogP contribution in [0.2, 0.25) is 0 Å². The highest BCUT2D eigenvalue weighted by atomic mass is 16.1. The first kappa shape index (κ1) is 12.1. The molecule has 1 aliphatic rings. The van der Waals surface area contributed by atoms with Crippen LogP contribution in [0.5, 0.6) is 0 Å². The van der Waals surface area contributed by atoms with Gasteiger partial charge in [-0.2, -0.15) is 0 Å². The van der Waals surface area contributed by atoms with Gasteiger partial charge in [0.15, 0.2) is 5.78 Å². The van der Waals surface area contributed by atoms with Crippen LogP contribution in [0.15, 0.2) is 54.2 Å². The van der Waals surface area contributed by atoms with E-state index in [9.17, 15) is 9.59 Å². The highest BCUT2D eigenvalue weighted by Crippen LogP contribution is 2.21. The standard InChI is InChI=1S/C15H11N3O2/c16-11-8-12(19)10-6-7-13(18-14(10)15(11)20)17-9-4-2-1-3-5-9/h1-8H,16H2,(H,17,18). The fourth-order valence-electron chi connectivity index (χ4n) is 1.99. The van der Waals surface area contributed by atoms with Crippen molar-refractivity contribution in [2.24, 2.45) is 5.73 Å². The van der Waals surface area contributed by atoms with Crippen LogP contribution in [0.4, 0.5) is 11.5 Å². The lowest BCUT2D eigenvalue weighted by atomic mass is 9.98. The van der Waals surface area contributed by atoms with E-state index in [0.717, 1.165) is 11.8 Å². The molecule has 0 fully saturated rings. The summed E-state index contributed by atoms with van der Waals surface area (Å²) in [4.78, 5) is 27.9. The van der Waals surface area contributed by atoms with Crippen LogP contribution in [-0.2, 0) is 0 Å². The third kappa shape index (κ3) is 2.05. The second kappa shape index (κ2) is 4.62. The van der Waals surface area contributed by atoms with Gasteiger partial charge in [-0.05, 0) is 24.3 Å². The highest BCUT2D eigenvalue weighted by molar-refractivity contribution is 6.23. The van der Waals surface area contributed by atoms with Crippen molar-refractivity contribution in [1.29, 1.82) is 0 Å². The van der Waals surface area contributed by atoms with Gasteiger partial charge >= 0.3 is 0 Å². The van der Waals surface area contributed by atoms with Gasteiger partial charge in [0.1, 0.15) is 11.5 Å². The van der Waals surface area contributed by atoms with Crippen LogP contribution in [0.1, 0.15) is 20.8 Å². The van der Waals surface area contributed by atoms with Gasteiger partial charge in [0.2, 0.25) is 5.78 Å². The first-order valence-corrected chi connectivity index (χ1v) is 6.04. The number of fused-ring (bicyclic) bond motifs is 1. The number of hydrogen-bond acceptors (Lipinski definition) is 5. The molecule has 5 nitrogen and oxygen atoms in total. The number of ketones is 2. The first-order valence-electron chi connectivity index (χ1n) is 6.04. The minimum atomic E-state index is -0.420. The highest BCUT2D eigenvalue weighted by Gasteiger charge is 2.25. The van der Waals surface area contributed by atoms with Crippen molar-refractivity contribution in [3.05, 3.63) is 65.5 Å². The van der Waals surface area contributed by atoms with Crippen molar-refractivity contribution in [2.45, 2.75) is 0 Å². The van der Waals surface area contributed by atoms with Gasteiger partial charge in [-0.15, -0.1) is 0 Å². The Morgan fingerprint density at radius 2 is 1.75 bits per heavy atom. The smallest absolute Gasteiger partial charge is 0.227 e. The molecule has 0 saturated heterocycles. The van der Waals surface area contributed by atoms with Crippen molar-refractivity contribution in [3.8, 4) is 0 Å². The van der Waals surface area contributed by atoms with E-state index >= 15 is 0 Å². The number of nitrogens with one attached hydrogen (secondary N) is 1. The molecule has 3 rings (SSSR count). The van der Waals surface area contributed by atoms with E-state index in [0.29, 0.717) is 5.82 Å². The van der Waals surface area contributed by atoms with Crippen LogP contribution < -0.4 is 11.1 Å². The maximum atomic E-state index is 11.9. The molecule has 0 saturated carbocycles. The predicted molar refractivity (Wildman–Crippen MR) is 74.9 cm³/mol. The van der Waals surface area contributed by atoms with Gasteiger partial charge in [0.25, 0.3) is 0 Å². The van der Waals surface area contributed by atoms with Crippen molar-refractivity contribution >= 4 is 23.1 Å². The Kier molecular flexibility index (Phi) is 2.80. The first-order chi connectivity index (χ1) is 9.65. The molecule has 1 heterocycles. The fourth-order valence-corrected chi connectivity index (χ4v) is 1.99. The Morgan fingerprint density at radius 1 is 1.00 bits per heavy atom. The lowest BCUT2D eigenvalue weighted by Crippen LogP contribution is -2.23. The van der Waals surface area contributed by atoms with Crippen molar-refractivity contribution in [2.75, 3.05) is 5.32 Å². The zero-order chi connectivity index (χ0) is 14.1. The minimum Gasteiger partial charge on any atom is -0.395 e. The summed E-state index contributed by atoms with van der Waals surface area (Å²) in [6.45, 7) is 0. The average molecular weight is 265 g/mol. The number of nitrogens with zero attached hydrogens (tertiary/aromatic N) is 1. The van der Waals surface area contributed by atoms with E-state index < -0.39 is 5.78 Å². The SMILES string of the molecule is NC1=CC(=O)c2ccc(Nc3ccccc3)nc2C1=O. The van der Waals surface area contributed by atoms with Gasteiger partial charge in [0, 0.05) is 11.8 Å². The molecule has 98 valence electrons. The molecule has 0 bridgehead atoms. The minimum absolute atomic E-state index is 0.0770. The lowest BCUT2D eigenvalue weighted by Gasteiger charge is -2.13. The summed E-state index contributed by atoms with van der Waals surface area (Å²) in [7, 11) is 0. The summed E-state index contributed by atoms with van der Waals surface area (Å²) in [5, 5.41) is 3.07. The van der Waals surface area contributed by atoms with Crippen LogP contribution in [0.3, 0.4) is 0 Å². The van der Waals surface area contributed by atoms with E-state index in [-0.39, 0.29) is 22.7 Å². The van der Waals surface area contributed by atoms with Gasteiger partial charge in [-0.3, -0.25) is 9.59 Å². The summed E-state index contributed by atoms with van der Waals surface area (Å²) < 4.78 is 0. The number of carbonyl (C=O) groups is 2. The number of allylic oxidation sites excluding steroid dienone is 2. The van der Waals surface area contributed by atoms with E-state index in [1.807, 2.05) is 30.3 Å². The maximum Gasteiger partial charge on any atom is 0.227 e. The number of carbonyl (C=O) groups excluding carboxylic acids is 2. The Bertz CT molecular complexity index is 736. The van der Waals surface area contributed by atoms with Gasteiger partial charge in [0.05, 0.1) is 11.3 Å². The van der Waals surface area contributed by atoms with E-state index in [4.69, 9.17) is 5.73 Å². The Hall–Kier alpha value is -2.95. The van der Waals surface area contributed by atoms with Gasteiger partial charge in [-0.1, -0.05) is 18.2 Å². The Morgan fingerprint density at radius 3 is 2.50 bits per heavy atom. The molecule has 1 aliphatic carbocycles. The number of anilines is 2. The van der Waals surface area contributed by atoms with Gasteiger partial charge in [-0.25, -0.2) is 4.98 Å². The predicted octanol–water partition coefficient (Wildman–Crippen LogP) is 2.05. The maximum absolute atomic E-state index is 11.9. The molecule has 1 aromatic heterocycles. The summed E-state index contributed by atoms with van der Waals surface area (Å²) in [6, 6.07) is 12.7. The molecule has 0 amide bonds. The van der Waals surface area contributed by atoms with Crippen molar-refractivity contribution < 1.29 is 9.59 Å². The topological polar surface area (TPSA) is 85.1 Å². The lowest BCUT2D eigenvalue weighted by molar-refractivity contribution is 0.0979. The number of benzene rings is 1. The Labute approximate surface area is 115 Å². The molecule has 0 atom stereocenters. The van der Waals surface area contributed by atoms with Crippen LogP contribution in [0.25, 0.3) is 0 Å². The second-order valence-corrected chi connectivity index (χ2v) is 4.38. The molecule has 0 spiro atoms. The number of nitrogens with two attached hydrogens (primary N) is 1. The van der Waals surface area contributed by atoms with E-state index in [1.165, 1.54) is 0 Å². The molecule has 0 radical (unpaired) electrons. The van der Waals surface area contributed by atoms with E-state index in [2.05, 4.69) is 10.3 Å². The number of pyridine rings is 1. The summed E-state index contributed by atoms with van der Waals surface area (Å²) in [6.07, 6.45) is 1.14. The molecular weight excluding hydrogens is 254 g/mol. The molecule has 0 unspecified atom stereocenters. The number of hydrogen-bond donors (Lipinski definition) is 2. The molecular formula is C15H11N3O2. The zero-order valence-electron chi connectivity index (χ0n) is 10.5. The van der Waals surface area contributed by atoms with Gasteiger partial charge < -0.3 is 11.1 Å². The quantitative estimate of drug-likeness (QED) is 0.868. The third-order valence-electron chi connectivity index (χ3n) is 2.97. The second-order valence-electron chi connectivity index (χ2n) is 4.38. The summed E-state index contributed by atoms with van der Waals surface area (Å²) >= 11 is 0. The number of rotatable bonds is 2. The van der Waals surface area contributed by atoms with Crippen molar-refractivity contribution in [1.82, 2.24) is 4.98 Å². The van der Waals surface area contributed by atoms with Crippen molar-refractivity contribution in [3.63, 3.8) is 0 Å². The normalized spacial score (nSPS) is 13.7. The van der Waals surface area contributed by atoms with Crippen LogP contribution >= 0.6 is 0 Å². The number of para-hydroxylation sites is 1. The third-order valence-corrected chi connectivity index (χ3v) is 2.97. The largest absolute Gasteiger partial charge is 0.395 e. The average Bonchev–Trinajstić information content (AvgIpc) is 2.46. The molecule has 2 aromatic rings. The molecule has 5 heteroatoms. The number of aromatic nitrogens is 1. The summed E-state index contributed by atoms with van der Waals surface area (Å²) in [5.41, 5.74) is 6.66. The van der Waals surface area contributed by atoms with Crippen LogP contribution in [0, 0.1) is 0 Å².